The minimum atomic E-state index is -4.64. The number of thioether (sulfide) groups is 1. The van der Waals surface area contributed by atoms with Crippen LogP contribution in [0.3, 0.4) is 0 Å². The molecule has 1 saturated carbocycles. The van der Waals surface area contributed by atoms with Crippen LogP contribution in [0.5, 0.6) is 0 Å². The van der Waals surface area contributed by atoms with Gasteiger partial charge >= 0.3 is 6.18 Å². The third-order valence-corrected chi connectivity index (χ3v) is 10.1. The van der Waals surface area contributed by atoms with E-state index in [0.29, 0.717) is 24.8 Å². The third-order valence-electron chi connectivity index (χ3n) is 8.73. The van der Waals surface area contributed by atoms with Crippen LogP contribution in [-0.2, 0) is 22.9 Å². The van der Waals surface area contributed by atoms with E-state index in [2.05, 4.69) is 53.6 Å². The number of rotatable bonds is 5. The predicted molar refractivity (Wildman–Crippen MR) is 140 cm³/mol. The van der Waals surface area contributed by atoms with Crippen molar-refractivity contribution >= 4 is 23.7 Å². The van der Waals surface area contributed by atoms with Crippen LogP contribution in [0.25, 0.3) is 6.08 Å². The lowest BCUT2D eigenvalue weighted by atomic mass is 9.68. The molecule has 1 amide bonds. The number of piperidine rings is 1. The van der Waals surface area contributed by atoms with E-state index < -0.39 is 22.3 Å². The Hall–Kier alpha value is -2.32. The predicted octanol–water partition coefficient (Wildman–Crippen LogP) is 6.42. The lowest BCUT2D eigenvalue weighted by molar-refractivity contribution is -0.137. The zero-order valence-electron chi connectivity index (χ0n) is 21.1. The fraction of sp³-hybridized carbons (Fsp3) is 0.483. The molecule has 2 aromatic carbocycles. The Morgan fingerprint density at radius 1 is 1.19 bits per heavy atom. The molecule has 8 heteroatoms. The summed E-state index contributed by atoms with van der Waals surface area (Å²) in [5.74, 6) is -0.708. The molecule has 0 unspecified atom stereocenters. The summed E-state index contributed by atoms with van der Waals surface area (Å²) in [6.45, 7) is 4.10. The number of nitrogens with one attached hydrogen (secondary N) is 1. The molecule has 2 aromatic rings. The van der Waals surface area contributed by atoms with Gasteiger partial charge < -0.3 is 5.32 Å². The highest BCUT2D eigenvalue weighted by atomic mass is 32.2. The maximum Gasteiger partial charge on any atom is 0.416 e. The van der Waals surface area contributed by atoms with Gasteiger partial charge in [0.05, 0.1) is 10.3 Å². The molecular formula is C29H32F4N2OS. The van der Waals surface area contributed by atoms with Gasteiger partial charge in [0, 0.05) is 24.5 Å². The highest BCUT2D eigenvalue weighted by Gasteiger charge is 2.49. The number of benzene rings is 2. The van der Waals surface area contributed by atoms with E-state index in [-0.39, 0.29) is 29.5 Å². The number of hydrogen-bond acceptors (Lipinski definition) is 3. The first-order valence-corrected chi connectivity index (χ1v) is 14.0. The van der Waals surface area contributed by atoms with Crippen LogP contribution in [0.15, 0.2) is 48.5 Å². The fourth-order valence-electron chi connectivity index (χ4n) is 6.59. The molecule has 1 aliphatic heterocycles. The van der Waals surface area contributed by atoms with Crippen LogP contribution >= 0.6 is 11.8 Å². The van der Waals surface area contributed by atoms with Gasteiger partial charge in [0.2, 0.25) is 5.91 Å². The smallest absolute Gasteiger partial charge is 0.351 e. The fourth-order valence-corrected chi connectivity index (χ4v) is 7.53. The average molecular weight is 533 g/mol. The van der Waals surface area contributed by atoms with Crippen molar-refractivity contribution in [3.8, 4) is 0 Å². The van der Waals surface area contributed by atoms with Gasteiger partial charge in [-0.15, -0.1) is 11.8 Å². The van der Waals surface area contributed by atoms with E-state index in [1.807, 2.05) is 6.26 Å². The summed E-state index contributed by atoms with van der Waals surface area (Å²) in [6, 6.07) is 11.3. The molecule has 2 aliphatic carbocycles. The van der Waals surface area contributed by atoms with E-state index in [9.17, 15) is 22.4 Å². The summed E-state index contributed by atoms with van der Waals surface area (Å²) in [5.41, 5.74) is 1.85. The van der Waals surface area contributed by atoms with Crippen molar-refractivity contribution in [2.24, 2.45) is 5.92 Å². The number of carbonyl (C=O) groups is 1. The number of nitrogens with zero attached hydrogens (tertiary/aromatic N) is 1. The Bertz CT molecular complexity index is 1210. The monoisotopic (exact) mass is 532 g/mol. The second-order valence-electron chi connectivity index (χ2n) is 10.7. The molecule has 1 saturated heterocycles. The Balaban J connectivity index is 1.23. The molecule has 1 N–H and O–H groups in total. The van der Waals surface area contributed by atoms with Gasteiger partial charge in [-0.3, -0.25) is 9.69 Å². The summed E-state index contributed by atoms with van der Waals surface area (Å²) in [6.07, 6.45) is 5.25. The highest BCUT2D eigenvalue weighted by Crippen LogP contribution is 2.49. The maximum atomic E-state index is 13.8. The van der Waals surface area contributed by atoms with Gasteiger partial charge in [0.25, 0.3) is 0 Å². The minimum Gasteiger partial charge on any atom is -0.351 e. The number of amides is 1. The number of allylic oxidation sites excluding steroid dienone is 1. The zero-order valence-corrected chi connectivity index (χ0v) is 21.9. The molecule has 3 aliphatic rings. The third kappa shape index (κ3) is 4.83. The second kappa shape index (κ2) is 9.77. The normalized spacial score (nSPS) is 29.6. The summed E-state index contributed by atoms with van der Waals surface area (Å²) in [4.78, 5) is 15.8. The number of likely N-dealkylation sites (tertiary alicyclic amines) is 1. The highest BCUT2D eigenvalue weighted by molar-refractivity contribution is 8.00. The molecule has 0 radical (unpaired) electrons. The minimum absolute atomic E-state index is 0.0693. The zero-order chi connectivity index (χ0) is 26.4. The molecule has 37 heavy (non-hydrogen) atoms. The molecule has 1 heterocycles. The van der Waals surface area contributed by atoms with Gasteiger partial charge in [-0.2, -0.15) is 13.2 Å². The van der Waals surface area contributed by atoms with Gasteiger partial charge in [-0.05, 0) is 79.3 Å². The molecule has 0 aromatic heterocycles. The lowest BCUT2D eigenvalue weighted by Gasteiger charge is -2.46. The van der Waals surface area contributed by atoms with Crippen molar-refractivity contribution in [3.05, 3.63) is 76.6 Å². The number of carbonyl (C=O) groups excluding carboxylic acids is 1. The van der Waals surface area contributed by atoms with Crippen molar-refractivity contribution in [2.45, 2.75) is 61.5 Å². The van der Waals surface area contributed by atoms with Crippen LogP contribution < -0.4 is 5.32 Å². The van der Waals surface area contributed by atoms with Crippen molar-refractivity contribution in [2.75, 3.05) is 19.3 Å². The van der Waals surface area contributed by atoms with E-state index in [0.717, 1.165) is 38.1 Å². The van der Waals surface area contributed by atoms with Gasteiger partial charge in [0.1, 0.15) is 5.82 Å². The quantitative estimate of drug-likeness (QED) is 0.451. The standard InChI is InChI=1S/C29H32F4N2OS/c1-19-18-35(12-11-27(19)9-7-21-5-3-4-6-25(21)27)24-8-10-28(16-24,37-2)26(36)34-17-20-13-22(29(31,32)33)15-23(30)14-20/h3-7,9,13-15,19,24H,8,10-12,16-18H2,1-2H3,(H,34,36)/t19-,24+,27+,28+/m0/s1. The number of hydrogen-bond donors (Lipinski definition) is 1. The molecular weight excluding hydrogens is 500 g/mol. The maximum absolute atomic E-state index is 13.8. The molecule has 3 nitrogen and oxygen atoms in total. The summed E-state index contributed by atoms with van der Waals surface area (Å²) < 4.78 is 52.3. The topological polar surface area (TPSA) is 32.3 Å². The Morgan fingerprint density at radius 3 is 2.70 bits per heavy atom. The lowest BCUT2D eigenvalue weighted by Crippen LogP contribution is -2.51. The van der Waals surface area contributed by atoms with Gasteiger partial charge in [0.15, 0.2) is 0 Å². The Kier molecular flexibility index (Phi) is 6.94. The SMILES string of the molecule is CS[C@]1(C(=O)NCc2cc(F)cc(C(F)(F)F)c2)CC[C@@H](N2CC[C@]3(C=Cc4ccccc43)[C@@H](C)C2)C1. The van der Waals surface area contributed by atoms with Crippen LogP contribution in [0.4, 0.5) is 17.6 Å². The van der Waals surface area contributed by atoms with Crippen LogP contribution in [0, 0.1) is 11.7 Å². The largest absolute Gasteiger partial charge is 0.416 e. The first-order valence-electron chi connectivity index (χ1n) is 12.8. The summed E-state index contributed by atoms with van der Waals surface area (Å²) in [7, 11) is 0. The summed E-state index contributed by atoms with van der Waals surface area (Å²) in [5, 5.41) is 2.80. The Labute approximate surface area is 219 Å². The van der Waals surface area contributed by atoms with Crippen molar-refractivity contribution in [1.82, 2.24) is 10.2 Å². The van der Waals surface area contributed by atoms with Crippen molar-refractivity contribution < 1.29 is 22.4 Å². The summed E-state index contributed by atoms with van der Waals surface area (Å²) >= 11 is 1.51. The second-order valence-corrected chi connectivity index (χ2v) is 11.9. The van der Waals surface area contributed by atoms with Crippen LogP contribution in [0.1, 0.15) is 54.9 Å². The number of fused-ring (bicyclic) bond motifs is 2. The Morgan fingerprint density at radius 2 is 1.97 bits per heavy atom. The molecule has 5 rings (SSSR count). The van der Waals surface area contributed by atoms with Gasteiger partial charge in [-0.1, -0.05) is 43.3 Å². The first-order chi connectivity index (χ1) is 17.6. The molecule has 1 spiro atoms. The van der Waals surface area contributed by atoms with E-state index in [4.69, 9.17) is 0 Å². The molecule has 2 fully saturated rings. The van der Waals surface area contributed by atoms with Crippen LogP contribution in [-0.4, -0.2) is 40.9 Å². The van der Waals surface area contributed by atoms with E-state index in [1.54, 1.807) is 0 Å². The number of alkyl halides is 3. The average Bonchev–Trinajstić information content (AvgIpc) is 3.47. The van der Waals surface area contributed by atoms with E-state index >= 15 is 0 Å². The van der Waals surface area contributed by atoms with Crippen molar-refractivity contribution in [3.63, 3.8) is 0 Å². The molecule has 0 bridgehead atoms. The molecule has 198 valence electrons. The van der Waals surface area contributed by atoms with Crippen molar-refractivity contribution in [1.29, 1.82) is 0 Å². The van der Waals surface area contributed by atoms with Crippen LogP contribution in [0.2, 0.25) is 0 Å². The number of halogens is 4. The van der Waals surface area contributed by atoms with Gasteiger partial charge in [-0.25, -0.2) is 4.39 Å². The molecule has 4 atom stereocenters. The van der Waals surface area contributed by atoms with E-state index in [1.165, 1.54) is 22.9 Å². The first kappa shape index (κ1) is 26.3.